The van der Waals surface area contributed by atoms with Crippen LogP contribution in [-0.2, 0) is 9.53 Å². The number of halogens is 5. The van der Waals surface area contributed by atoms with Crippen molar-refractivity contribution in [2.45, 2.75) is 31.2 Å². The zero-order chi connectivity index (χ0) is 26.1. The fourth-order valence-electron chi connectivity index (χ4n) is 3.83. The number of hydrogen-bond acceptors (Lipinski definition) is 6. The molecule has 0 bridgehead atoms. The summed E-state index contributed by atoms with van der Waals surface area (Å²) in [4.78, 5) is 25.4. The summed E-state index contributed by atoms with van der Waals surface area (Å²) in [5.41, 5.74) is 1.36. The molecule has 0 unspecified atom stereocenters. The lowest BCUT2D eigenvalue weighted by Gasteiger charge is -2.31. The molecular formula is C21H21F5N4O5. The molecule has 0 saturated carbocycles. The lowest BCUT2D eigenvalue weighted by atomic mass is 9.99. The lowest BCUT2D eigenvalue weighted by molar-refractivity contribution is -0.607. The van der Waals surface area contributed by atoms with Crippen LogP contribution in [-0.4, -0.2) is 49.9 Å². The molecule has 0 radical (unpaired) electrons. The number of pyridine rings is 1. The Morgan fingerprint density at radius 1 is 1.31 bits per heavy atom. The van der Waals surface area contributed by atoms with E-state index in [4.69, 9.17) is 15.2 Å². The van der Waals surface area contributed by atoms with Crippen LogP contribution in [0.5, 0.6) is 5.75 Å². The van der Waals surface area contributed by atoms with E-state index in [0.717, 1.165) is 36.4 Å². The van der Waals surface area contributed by atoms with Crippen molar-refractivity contribution in [3.8, 4) is 5.75 Å². The number of carbonyl (C=O) groups is 2. The number of nitrogens with two attached hydrogens (primary N) is 1. The van der Waals surface area contributed by atoms with Gasteiger partial charge in [-0.2, -0.15) is 22.3 Å². The number of benzene rings is 1. The number of ether oxygens (including phenoxy) is 2. The summed E-state index contributed by atoms with van der Waals surface area (Å²) in [7, 11) is 0.823. The number of methoxy groups -OCH3 is 1. The van der Waals surface area contributed by atoms with Crippen molar-refractivity contribution in [2.75, 3.05) is 30.5 Å². The van der Waals surface area contributed by atoms with Gasteiger partial charge in [0.2, 0.25) is 11.7 Å². The van der Waals surface area contributed by atoms with Gasteiger partial charge < -0.3 is 30.6 Å². The minimum atomic E-state index is -4.93. The van der Waals surface area contributed by atoms with Crippen molar-refractivity contribution < 1.29 is 45.7 Å². The predicted octanol–water partition coefficient (Wildman–Crippen LogP) is 2.26. The van der Waals surface area contributed by atoms with E-state index >= 15 is 0 Å². The highest BCUT2D eigenvalue weighted by Crippen LogP contribution is 2.47. The van der Waals surface area contributed by atoms with Gasteiger partial charge in [0.15, 0.2) is 23.4 Å². The fourth-order valence-corrected chi connectivity index (χ4v) is 3.83. The molecule has 0 aliphatic carbocycles. The van der Waals surface area contributed by atoms with Crippen LogP contribution in [0, 0.1) is 16.8 Å². The Morgan fingerprint density at radius 3 is 2.57 bits per heavy atom. The van der Waals surface area contributed by atoms with E-state index in [9.17, 15) is 36.7 Å². The van der Waals surface area contributed by atoms with E-state index in [-0.39, 0.29) is 22.7 Å². The van der Waals surface area contributed by atoms with Gasteiger partial charge in [0.05, 0.1) is 24.5 Å². The Hall–Kier alpha value is -3.68. The normalized spacial score (nSPS) is 20.1. The van der Waals surface area contributed by atoms with E-state index < -0.39 is 65.7 Å². The SMILES string of the molecule is CCOc1c(N2C[C@](OC)(C(F)(F)F)C[C@@H]2C(=O)Nc2cc[n+]([O-])c(C(N)=O)c2)ccc(F)c1F. The molecule has 190 valence electrons. The summed E-state index contributed by atoms with van der Waals surface area (Å²) >= 11 is 0. The average Bonchev–Trinajstić information content (AvgIpc) is 3.20. The molecule has 2 heterocycles. The molecule has 14 heteroatoms. The van der Waals surface area contributed by atoms with Gasteiger partial charge in [0, 0.05) is 25.7 Å². The monoisotopic (exact) mass is 504 g/mol. The molecular weight excluding hydrogens is 483 g/mol. The van der Waals surface area contributed by atoms with Gasteiger partial charge in [-0.3, -0.25) is 9.59 Å². The summed E-state index contributed by atoms with van der Waals surface area (Å²) in [6.45, 7) is 0.394. The van der Waals surface area contributed by atoms with Crippen LogP contribution in [0.1, 0.15) is 23.8 Å². The van der Waals surface area contributed by atoms with Gasteiger partial charge in [-0.25, -0.2) is 4.39 Å². The van der Waals surface area contributed by atoms with Crippen molar-refractivity contribution >= 4 is 23.2 Å². The second-order valence-corrected chi connectivity index (χ2v) is 7.67. The number of hydrogen-bond donors (Lipinski definition) is 2. The molecule has 1 aliphatic heterocycles. The van der Waals surface area contributed by atoms with Gasteiger partial charge in [-0.15, -0.1) is 0 Å². The van der Waals surface area contributed by atoms with Crippen LogP contribution in [0.2, 0.25) is 0 Å². The van der Waals surface area contributed by atoms with Crippen molar-refractivity contribution in [1.82, 2.24) is 0 Å². The highest BCUT2D eigenvalue weighted by molar-refractivity contribution is 5.99. The number of nitrogens with one attached hydrogen (secondary N) is 1. The first-order valence-electron chi connectivity index (χ1n) is 10.2. The van der Waals surface area contributed by atoms with Crippen molar-refractivity contribution in [3.63, 3.8) is 0 Å². The summed E-state index contributed by atoms with van der Waals surface area (Å²) < 4.78 is 80.5. The smallest absolute Gasteiger partial charge is 0.419 e. The Kier molecular flexibility index (Phi) is 7.06. The maximum absolute atomic E-state index is 14.5. The summed E-state index contributed by atoms with van der Waals surface area (Å²) in [5.74, 6) is -5.49. The number of carbonyl (C=O) groups excluding carboxylic acids is 2. The summed E-state index contributed by atoms with van der Waals surface area (Å²) in [5, 5.41) is 14.0. The van der Waals surface area contributed by atoms with Crippen molar-refractivity contribution in [1.29, 1.82) is 0 Å². The van der Waals surface area contributed by atoms with E-state index in [0.29, 0.717) is 6.07 Å². The number of amides is 2. The van der Waals surface area contributed by atoms with E-state index in [1.54, 1.807) is 0 Å². The number of rotatable bonds is 7. The Bertz CT molecular complexity index is 1150. The second kappa shape index (κ2) is 9.52. The zero-order valence-electron chi connectivity index (χ0n) is 18.5. The van der Waals surface area contributed by atoms with Crippen LogP contribution < -0.4 is 25.4 Å². The first-order chi connectivity index (χ1) is 16.3. The third-order valence-corrected chi connectivity index (χ3v) is 5.60. The molecule has 1 aromatic heterocycles. The van der Waals surface area contributed by atoms with E-state index in [1.165, 1.54) is 6.92 Å². The Labute approximate surface area is 195 Å². The largest absolute Gasteiger partial charge is 0.618 e. The molecule has 1 aromatic carbocycles. The van der Waals surface area contributed by atoms with Crippen molar-refractivity contribution in [2.24, 2.45) is 5.73 Å². The predicted molar refractivity (Wildman–Crippen MR) is 112 cm³/mol. The van der Waals surface area contributed by atoms with Crippen LogP contribution in [0.4, 0.5) is 33.3 Å². The molecule has 2 aromatic rings. The zero-order valence-corrected chi connectivity index (χ0v) is 18.5. The van der Waals surface area contributed by atoms with Gasteiger partial charge in [-0.05, 0) is 19.1 Å². The third-order valence-electron chi connectivity index (χ3n) is 5.60. The second-order valence-electron chi connectivity index (χ2n) is 7.67. The van der Waals surface area contributed by atoms with Crippen LogP contribution in [0.3, 0.4) is 0 Å². The van der Waals surface area contributed by atoms with Gasteiger partial charge in [-0.1, -0.05) is 0 Å². The minimum absolute atomic E-state index is 0.104. The molecule has 35 heavy (non-hydrogen) atoms. The standard InChI is InChI=1S/C21H21F5N4O5/c1-3-35-17-13(5-4-12(22)16(17)23)29-10-20(34-2,21(24,25)26)9-15(29)19(32)28-11-6-7-30(33)14(8-11)18(27)31/h4-8,15H,3,9-10H2,1-2H3,(H2,27,31)(H,28,32)/t15-,20+/m1/s1. The van der Waals surface area contributed by atoms with Gasteiger partial charge in [0.25, 0.3) is 5.69 Å². The lowest BCUT2D eigenvalue weighted by Crippen LogP contribution is -2.49. The van der Waals surface area contributed by atoms with Crippen LogP contribution >= 0.6 is 0 Å². The number of primary amides is 1. The molecule has 1 aliphatic rings. The Morgan fingerprint density at radius 2 is 2.00 bits per heavy atom. The number of nitrogens with zero attached hydrogens (tertiary/aromatic N) is 2. The average molecular weight is 504 g/mol. The number of aromatic nitrogens is 1. The summed E-state index contributed by atoms with van der Waals surface area (Å²) in [6, 6.07) is 2.15. The fraction of sp³-hybridized carbons (Fsp3) is 0.381. The highest BCUT2D eigenvalue weighted by atomic mass is 19.4. The molecule has 3 N–H and O–H groups in total. The van der Waals surface area contributed by atoms with Crippen LogP contribution in [0.25, 0.3) is 0 Å². The molecule has 2 amide bonds. The quantitative estimate of drug-likeness (QED) is 0.339. The Balaban J connectivity index is 2.07. The topological polar surface area (TPSA) is 121 Å². The maximum atomic E-state index is 14.5. The molecule has 3 rings (SSSR count). The molecule has 2 atom stereocenters. The van der Waals surface area contributed by atoms with E-state index in [2.05, 4.69) is 5.32 Å². The summed E-state index contributed by atoms with van der Waals surface area (Å²) in [6.07, 6.45) is -4.96. The first kappa shape index (κ1) is 25.9. The van der Waals surface area contributed by atoms with E-state index in [1.807, 2.05) is 0 Å². The molecule has 9 nitrogen and oxygen atoms in total. The van der Waals surface area contributed by atoms with Gasteiger partial charge >= 0.3 is 12.1 Å². The third kappa shape index (κ3) is 4.78. The molecule has 1 fully saturated rings. The maximum Gasteiger partial charge on any atom is 0.419 e. The van der Waals surface area contributed by atoms with Crippen LogP contribution in [0.15, 0.2) is 30.5 Å². The van der Waals surface area contributed by atoms with Crippen molar-refractivity contribution in [3.05, 3.63) is 53.0 Å². The molecule has 1 saturated heterocycles. The highest BCUT2D eigenvalue weighted by Gasteiger charge is 2.63. The number of alkyl halides is 3. The van der Waals surface area contributed by atoms with Gasteiger partial charge in [0.1, 0.15) is 6.04 Å². The molecule has 0 spiro atoms. The first-order valence-corrected chi connectivity index (χ1v) is 10.2. The number of anilines is 2. The minimum Gasteiger partial charge on any atom is -0.618 e.